The molecule has 1 aliphatic rings. The first-order valence-electron chi connectivity index (χ1n) is 5.12. The minimum absolute atomic E-state index is 0.685. The van der Waals surface area contributed by atoms with Crippen molar-refractivity contribution in [3.05, 3.63) is 0 Å². The maximum Gasteiger partial charge on any atom is 0.0622 e. The molecule has 0 radical (unpaired) electrons. The summed E-state index contributed by atoms with van der Waals surface area (Å²) in [5.41, 5.74) is 0. The maximum absolute atomic E-state index is 8.41. The first-order chi connectivity index (χ1) is 6.34. The Bertz CT molecular complexity index is 167. The fourth-order valence-corrected chi connectivity index (χ4v) is 1.80. The van der Waals surface area contributed by atoms with E-state index in [4.69, 9.17) is 5.26 Å². The molecule has 0 bridgehead atoms. The van der Waals surface area contributed by atoms with Crippen molar-refractivity contribution >= 4 is 0 Å². The van der Waals surface area contributed by atoms with Crippen LogP contribution in [0.15, 0.2) is 0 Å². The zero-order chi connectivity index (χ0) is 9.52. The van der Waals surface area contributed by atoms with E-state index in [-0.39, 0.29) is 0 Å². The maximum atomic E-state index is 8.41. The summed E-state index contributed by atoms with van der Waals surface area (Å²) in [6.45, 7) is 3.34. The van der Waals surface area contributed by atoms with Crippen molar-refractivity contribution in [3.8, 4) is 6.07 Å². The minimum atomic E-state index is 0.685. The van der Waals surface area contributed by atoms with Gasteiger partial charge in [-0.25, -0.2) is 0 Å². The smallest absolute Gasteiger partial charge is 0.0622 e. The van der Waals surface area contributed by atoms with E-state index in [1.165, 1.54) is 19.4 Å². The van der Waals surface area contributed by atoms with Crippen LogP contribution < -0.4 is 5.32 Å². The van der Waals surface area contributed by atoms with Gasteiger partial charge in [0.1, 0.15) is 0 Å². The largest absolute Gasteiger partial charge is 0.315 e. The van der Waals surface area contributed by atoms with Gasteiger partial charge in [-0.15, -0.1) is 0 Å². The molecule has 1 rings (SSSR count). The van der Waals surface area contributed by atoms with Gasteiger partial charge < -0.3 is 10.2 Å². The van der Waals surface area contributed by atoms with Crippen LogP contribution >= 0.6 is 0 Å². The third-order valence-electron chi connectivity index (χ3n) is 2.69. The topological polar surface area (TPSA) is 39.1 Å². The number of hydrogen-bond acceptors (Lipinski definition) is 3. The number of hydrogen-bond donors (Lipinski definition) is 1. The van der Waals surface area contributed by atoms with Gasteiger partial charge >= 0.3 is 0 Å². The highest BCUT2D eigenvalue weighted by Gasteiger charge is 2.16. The molecule has 1 unspecified atom stereocenters. The quantitative estimate of drug-likeness (QED) is 0.657. The molecule has 1 fully saturated rings. The molecule has 3 heteroatoms. The lowest BCUT2D eigenvalue weighted by molar-refractivity contribution is 0.202. The number of rotatable bonds is 4. The third kappa shape index (κ3) is 3.75. The number of nitrogens with zero attached hydrogens (tertiary/aromatic N) is 2. The molecule has 0 spiro atoms. The lowest BCUT2D eigenvalue weighted by Crippen LogP contribution is -2.44. The molecule has 0 aromatic heterocycles. The molecule has 1 heterocycles. The number of nitrogens with one attached hydrogen (secondary N) is 1. The highest BCUT2D eigenvalue weighted by molar-refractivity contribution is 4.77. The fourth-order valence-electron chi connectivity index (χ4n) is 1.80. The molecule has 1 N–H and O–H groups in total. The van der Waals surface area contributed by atoms with Crippen LogP contribution in [0.25, 0.3) is 0 Å². The molecule has 0 amide bonds. The van der Waals surface area contributed by atoms with Crippen molar-refractivity contribution in [1.82, 2.24) is 10.2 Å². The summed E-state index contributed by atoms with van der Waals surface area (Å²) < 4.78 is 0. The number of nitriles is 1. The van der Waals surface area contributed by atoms with E-state index >= 15 is 0 Å². The Balaban J connectivity index is 2.14. The molecular formula is C10H19N3. The van der Waals surface area contributed by atoms with Gasteiger partial charge in [0.05, 0.1) is 6.07 Å². The van der Waals surface area contributed by atoms with Gasteiger partial charge in [-0.05, 0) is 39.4 Å². The van der Waals surface area contributed by atoms with Crippen LogP contribution in [-0.4, -0.2) is 37.6 Å². The highest BCUT2D eigenvalue weighted by Crippen LogP contribution is 2.08. The second kappa shape index (κ2) is 5.95. The number of likely N-dealkylation sites (N-methyl/N-ethyl adjacent to an activating group) is 1. The summed E-state index contributed by atoms with van der Waals surface area (Å²) in [4.78, 5) is 2.38. The van der Waals surface area contributed by atoms with Crippen LogP contribution in [-0.2, 0) is 0 Å². The normalized spacial score (nSPS) is 23.0. The molecule has 1 saturated heterocycles. The molecule has 0 aromatic rings. The molecule has 74 valence electrons. The van der Waals surface area contributed by atoms with Gasteiger partial charge in [0.15, 0.2) is 0 Å². The van der Waals surface area contributed by atoms with E-state index in [0.29, 0.717) is 12.5 Å². The fraction of sp³-hybridized carbons (Fsp3) is 0.900. The van der Waals surface area contributed by atoms with Gasteiger partial charge in [-0.2, -0.15) is 5.26 Å². The lowest BCUT2D eigenvalue weighted by Gasteiger charge is -2.31. The van der Waals surface area contributed by atoms with Gasteiger partial charge in [0, 0.05) is 19.0 Å². The Morgan fingerprint density at radius 2 is 2.46 bits per heavy atom. The van der Waals surface area contributed by atoms with Crippen LogP contribution in [0.5, 0.6) is 0 Å². The van der Waals surface area contributed by atoms with Crippen LogP contribution in [0.4, 0.5) is 0 Å². The van der Waals surface area contributed by atoms with E-state index in [1.54, 1.807) is 0 Å². The second-order valence-corrected chi connectivity index (χ2v) is 3.74. The van der Waals surface area contributed by atoms with Crippen molar-refractivity contribution in [3.63, 3.8) is 0 Å². The highest BCUT2D eigenvalue weighted by atomic mass is 15.1. The summed E-state index contributed by atoms with van der Waals surface area (Å²) in [7, 11) is 2.16. The SMILES string of the molecule is CN(CCCC#N)C1CCCNC1. The summed E-state index contributed by atoms with van der Waals surface area (Å²) in [6.07, 6.45) is 4.28. The Morgan fingerprint density at radius 1 is 1.62 bits per heavy atom. The van der Waals surface area contributed by atoms with E-state index in [0.717, 1.165) is 19.5 Å². The van der Waals surface area contributed by atoms with E-state index in [9.17, 15) is 0 Å². The predicted molar refractivity (Wildman–Crippen MR) is 53.4 cm³/mol. The predicted octanol–water partition coefficient (Wildman–Crippen LogP) is 0.974. The molecular weight excluding hydrogens is 162 g/mol. The van der Waals surface area contributed by atoms with Crippen molar-refractivity contribution in [1.29, 1.82) is 5.26 Å². The standard InChI is InChI=1S/C10H19N3/c1-13(8-3-2-6-11)10-5-4-7-12-9-10/h10,12H,2-5,7-9H2,1H3. The van der Waals surface area contributed by atoms with Gasteiger partial charge in [-0.1, -0.05) is 0 Å². The Hall–Kier alpha value is -0.590. The summed E-state index contributed by atoms with van der Waals surface area (Å²) >= 11 is 0. The molecule has 0 aromatic carbocycles. The van der Waals surface area contributed by atoms with Crippen molar-refractivity contribution in [2.45, 2.75) is 31.7 Å². The molecule has 1 atom stereocenters. The molecule has 13 heavy (non-hydrogen) atoms. The lowest BCUT2D eigenvalue weighted by atomic mass is 10.1. The van der Waals surface area contributed by atoms with Crippen molar-refractivity contribution < 1.29 is 0 Å². The van der Waals surface area contributed by atoms with Gasteiger partial charge in [-0.3, -0.25) is 0 Å². The zero-order valence-corrected chi connectivity index (χ0v) is 8.42. The molecule has 1 aliphatic heterocycles. The monoisotopic (exact) mass is 181 g/mol. The Kier molecular flexibility index (Phi) is 4.81. The van der Waals surface area contributed by atoms with E-state index in [1.807, 2.05) is 0 Å². The molecule has 0 saturated carbocycles. The van der Waals surface area contributed by atoms with Crippen molar-refractivity contribution in [2.75, 3.05) is 26.7 Å². The summed E-state index contributed by atoms with van der Waals surface area (Å²) in [5.74, 6) is 0. The molecule has 3 nitrogen and oxygen atoms in total. The third-order valence-corrected chi connectivity index (χ3v) is 2.69. The Labute approximate surface area is 80.7 Å². The zero-order valence-electron chi connectivity index (χ0n) is 8.42. The average Bonchev–Trinajstić information content (AvgIpc) is 2.19. The van der Waals surface area contributed by atoms with Gasteiger partial charge in [0.2, 0.25) is 0 Å². The van der Waals surface area contributed by atoms with E-state index < -0.39 is 0 Å². The summed E-state index contributed by atoms with van der Waals surface area (Å²) in [6, 6.07) is 2.87. The Morgan fingerprint density at radius 3 is 3.08 bits per heavy atom. The minimum Gasteiger partial charge on any atom is -0.315 e. The first-order valence-corrected chi connectivity index (χ1v) is 5.12. The van der Waals surface area contributed by atoms with Crippen LogP contribution in [0.3, 0.4) is 0 Å². The average molecular weight is 181 g/mol. The summed E-state index contributed by atoms with van der Waals surface area (Å²) in [5, 5.41) is 11.8. The van der Waals surface area contributed by atoms with Crippen LogP contribution in [0.1, 0.15) is 25.7 Å². The number of unbranched alkanes of at least 4 members (excludes halogenated alkanes) is 1. The first kappa shape index (κ1) is 10.5. The van der Waals surface area contributed by atoms with Gasteiger partial charge in [0.25, 0.3) is 0 Å². The van der Waals surface area contributed by atoms with Crippen molar-refractivity contribution in [2.24, 2.45) is 0 Å². The second-order valence-electron chi connectivity index (χ2n) is 3.74. The van der Waals surface area contributed by atoms with E-state index in [2.05, 4.69) is 23.3 Å². The number of piperidine rings is 1. The van der Waals surface area contributed by atoms with Crippen LogP contribution in [0.2, 0.25) is 0 Å². The van der Waals surface area contributed by atoms with Crippen LogP contribution in [0, 0.1) is 11.3 Å². The molecule has 0 aliphatic carbocycles.